The molecule has 0 radical (unpaired) electrons. The Labute approximate surface area is 184 Å². The lowest BCUT2D eigenvalue weighted by molar-refractivity contribution is -0.115. The summed E-state index contributed by atoms with van der Waals surface area (Å²) >= 11 is 12.3. The Morgan fingerprint density at radius 1 is 1.10 bits per heavy atom. The minimum absolute atomic E-state index is 0.187. The van der Waals surface area contributed by atoms with E-state index in [-0.39, 0.29) is 5.91 Å². The molecule has 5 nitrogen and oxygen atoms in total. The highest BCUT2D eigenvalue weighted by atomic mass is 35.5. The Balaban J connectivity index is 1.62. The van der Waals surface area contributed by atoms with Gasteiger partial charge in [-0.05, 0) is 61.4 Å². The zero-order valence-electron chi connectivity index (χ0n) is 16.0. The second-order valence-corrected chi connectivity index (χ2v) is 8.23. The van der Waals surface area contributed by atoms with Gasteiger partial charge in [0.1, 0.15) is 23.3 Å². The van der Waals surface area contributed by atoms with Crippen LogP contribution in [0, 0.1) is 6.92 Å². The molecule has 1 heterocycles. The fourth-order valence-electron chi connectivity index (χ4n) is 2.59. The van der Waals surface area contributed by atoms with Crippen LogP contribution in [0.15, 0.2) is 41.3 Å². The average molecular weight is 450 g/mol. The lowest BCUT2D eigenvalue weighted by Gasteiger charge is -2.13. The van der Waals surface area contributed by atoms with Crippen LogP contribution in [0.2, 0.25) is 5.02 Å². The topological polar surface area (TPSA) is 56.8 Å². The number of nitrogens with one attached hydrogen (secondary N) is 1. The number of halogens is 1. The molecular formula is C21H20ClNO4S2. The van der Waals surface area contributed by atoms with Gasteiger partial charge in [-0.25, -0.2) is 0 Å². The van der Waals surface area contributed by atoms with Crippen LogP contribution >= 0.6 is 35.6 Å². The number of thiocarbonyl (C=S) groups is 1. The molecule has 1 saturated heterocycles. The first-order valence-corrected chi connectivity index (χ1v) is 10.6. The molecule has 0 unspecified atom stereocenters. The second kappa shape index (κ2) is 10.0. The van der Waals surface area contributed by atoms with E-state index in [1.165, 1.54) is 11.8 Å². The number of rotatable bonds is 8. The summed E-state index contributed by atoms with van der Waals surface area (Å²) in [5, 5.41) is 3.31. The van der Waals surface area contributed by atoms with E-state index < -0.39 is 0 Å². The van der Waals surface area contributed by atoms with Gasteiger partial charge >= 0.3 is 0 Å². The van der Waals surface area contributed by atoms with Gasteiger partial charge in [0, 0.05) is 5.02 Å². The van der Waals surface area contributed by atoms with Gasteiger partial charge in [0.2, 0.25) is 0 Å². The second-order valence-electron chi connectivity index (χ2n) is 6.10. The number of ether oxygens (including phenoxy) is 3. The summed E-state index contributed by atoms with van der Waals surface area (Å²) in [4.78, 5) is 12.4. The molecule has 8 heteroatoms. The maximum atomic E-state index is 11.8. The van der Waals surface area contributed by atoms with Crippen molar-refractivity contribution in [2.24, 2.45) is 0 Å². The number of amides is 1. The van der Waals surface area contributed by atoms with Gasteiger partial charge in [-0.1, -0.05) is 41.6 Å². The molecule has 1 aliphatic heterocycles. The van der Waals surface area contributed by atoms with E-state index in [0.29, 0.717) is 45.6 Å². The van der Waals surface area contributed by atoms with Gasteiger partial charge in [0.25, 0.3) is 5.91 Å². The molecule has 0 aliphatic carbocycles. The largest absolute Gasteiger partial charge is 0.490 e. The quantitative estimate of drug-likeness (QED) is 0.348. The normalized spacial score (nSPS) is 14.8. The van der Waals surface area contributed by atoms with Crippen molar-refractivity contribution in [2.75, 3.05) is 19.8 Å². The van der Waals surface area contributed by atoms with Crippen LogP contribution in [0.4, 0.5) is 0 Å². The molecule has 0 saturated carbocycles. The zero-order chi connectivity index (χ0) is 20.8. The first kappa shape index (κ1) is 21.5. The Morgan fingerprint density at radius 3 is 2.59 bits per heavy atom. The summed E-state index contributed by atoms with van der Waals surface area (Å²) < 4.78 is 17.7. The first-order valence-electron chi connectivity index (χ1n) is 8.99. The van der Waals surface area contributed by atoms with Crippen molar-refractivity contribution in [3.8, 4) is 17.2 Å². The Morgan fingerprint density at radius 2 is 1.90 bits per heavy atom. The number of hydrogen-bond donors (Lipinski definition) is 1. The minimum Gasteiger partial charge on any atom is -0.490 e. The Hall–Kier alpha value is -2.22. The van der Waals surface area contributed by atoms with Crippen molar-refractivity contribution in [3.05, 3.63) is 57.5 Å². The van der Waals surface area contributed by atoms with Crippen LogP contribution in [0.3, 0.4) is 0 Å². The van der Waals surface area contributed by atoms with Crippen molar-refractivity contribution in [1.82, 2.24) is 5.32 Å². The molecule has 29 heavy (non-hydrogen) atoms. The summed E-state index contributed by atoms with van der Waals surface area (Å²) in [6, 6.07) is 11.0. The summed E-state index contributed by atoms with van der Waals surface area (Å²) in [5.74, 6) is 1.78. The van der Waals surface area contributed by atoms with E-state index in [4.69, 9.17) is 38.0 Å². The van der Waals surface area contributed by atoms with Crippen molar-refractivity contribution in [2.45, 2.75) is 13.8 Å². The van der Waals surface area contributed by atoms with Gasteiger partial charge in [0.15, 0.2) is 11.5 Å². The van der Waals surface area contributed by atoms with Gasteiger partial charge < -0.3 is 19.5 Å². The van der Waals surface area contributed by atoms with Crippen molar-refractivity contribution >= 4 is 51.9 Å². The third kappa shape index (κ3) is 5.88. The number of carbonyl (C=O) groups is 1. The van der Waals surface area contributed by atoms with Crippen molar-refractivity contribution < 1.29 is 19.0 Å². The van der Waals surface area contributed by atoms with Crippen LogP contribution in [-0.2, 0) is 4.79 Å². The van der Waals surface area contributed by atoms with Crippen LogP contribution in [0.25, 0.3) is 6.08 Å². The molecule has 152 valence electrons. The highest BCUT2D eigenvalue weighted by molar-refractivity contribution is 8.26. The molecule has 0 bridgehead atoms. The van der Waals surface area contributed by atoms with Gasteiger partial charge in [-0.2, -0.15) is 0 Å². The van der Waals surface area contributed by atoms with E-state index in [9.17, 15) is 4.79 Å². The molecule has 1 N–H and O–H groups in total. The van der Waals surface area contributed by atoms with E-state index in [1.54, 1.807) is 6.08 Å². The maximum absolute atomic E-state index is 11.8. The molecule has 3 rings (SSSR count). The van der Waals surface area contributed by atoms with Crippen LogP contribution < -0.4 is 19.5 Å². The van der Waals surface area contributed by atoms with Gasteiger partial charge in [-0.15, -0.1) is 0 Å². The number of carbonyl (C=O) groups excluding carboxylic acids is 1. The number of aryl methyl sites for hydroxylation is 1. The summed E-state index contributed by atoms with van der Waals surface area (Å²) in [7, 11) is 0. The van der Waals surface area contributed by atoms with Gasteiger partial charge in [-0.3, -0.25) is 4.79 Å². The third-order valence-corrected chi connectivity index (χ3v) is 5.53. The molecule has 0 aromatic heterocycles. The molecule has 2 aromatic rings. The summed E-state index contributed by atoms with van der Waals surface area (Å²) in [6.45, 7) is 5.06. The summed E-state index contributed by atoms with van der Waals surface area (Å²) in [5.41, 5.74) is 1.79. The van der Waals surface area contributed by atoms with Crippen molar-refractivity contribution in [1.29, 1.82) is 0 Å². The van der Waals surface area contributed by atoms with E-state index >= 15 is 0 Å². The number of thioether (sulfide) groups is 1. The highest BCUT2D eigenvalue weighted by Gasteiger charge is 2.22. The lowest BCUT2D eigenvalue weighted by atomic mass is 10.2. The Kier molecular flexibility index (Phi) is 7.41. The molecule has 1 amide bonds. The molecule has 1 aliphatic rings. The Bertz CT molecular complexity index is 962. The predicted molar refractivity (Wildman–Crippen MR) is 121 cm³/mol. The molecule has 2 aromatic carbocycles. The standard InChI is InChI=1S/C21H20ClNO4S2/c1-3-25-18-11-14(12-19-20(24)23-21(28)29-19)4-7-17(18)27-9-8-26-15-5-6-16(22)13(2)10-15/h4-7,10-12H,3,8-9H2,1-2H3,(H,23,24,28). The number of benzene rings is 2. The van der Waals surface area contributed by atoms with E-state index in [2.05, 4.69) is 5.32 Å². The zero-order valence-corrected chi connectivity index (χ0v) is 18.4. The number of hydrogen-bond acceptors (Lipinski definition) is 6. The van der Waals surface area contributed by atoms with Crippen LogP contribution in [0.5, 0.6) is 17.2 Å². The fraction of sp³-hybridized carbons (Fsp3) is 0.238. The van der Waals surface area contributed by atoms with Gasteiger partial charge in [0.05, 0.1) is 11.5 Å². The lowest BCUT2D eigenvalue weighted by Crippen LogP contribution is -2.17. The minimum atomic E-state index is -0.187. The molecular weight excluding hydrogens is 430 g/mol. The molecule has 0 atom stereocenters. The predicted octanol–water partition coefficient (Wildman–Crippen LogP) is 4.99. The first-order chi connectivity index (χ1) is 14.0. The van der Waals surface area contributed by atoms with Crippen LogP contribution in [-0.4, -0.2) is 30.0 Å². The monoisotopic (exact) mass is 449 g/mol. The average Bonchev–Trinajstić information content (AvgIpc) is 3.00. The van der Waals surface area contributed by atoms with Crippen LogP contribution in [0.1, 0.15) is 18.1 Å². The third-order valence-electron chi connectivity index (χ3n) is 3.95. The maximum Gasteiger partial charge on any atom is 0.263 e. The molecule has 1 fully saturated rings. The van der Waals surface area contributed by atoms with E-state index in [0.717, 1.165) is 16.9 Å². The van der Waals surface area contributed by atoms with E-state index in [1.807, 2.05) is 50.2 Å². The summed E-state index contributed by atoms with van der Waals surface area (Å²) in [6.07, 6.45) is 1.78. The highest BCUT2D eigenvalue weighted by Crippen LogP contribution is 2.32. The SMILES string of the molecule is CCOc1cc(C=C2SC(=S)NC2=O)ccc1OCCOc1ccc(Cl)c(C)c1. The fourth-order valence-corrected chi connectivity index (χ4v) is 3.75. The van der Waals surface area contributed by atoms with Crippen molar-refractivity contribution in [3.63, 3.8) is 0 Å². The smallest absolute Gasteiger partial charge is 0.263 e. The molecule has 0 spiro atoms.